The fraction of sp³-hybridized carbons (Fsp3) is 0.882. The molecule has 26 heavy (non-hydrogen) atoms. The van der Waals surface area contributed by atoms with Gasteiger partial charge in [0.05, 0.1) is 19.2 Å². The van der Waals surface area contributed by atoms with Gasteiger partial charge in [-0.25, -0.2) is 4.79 Å². The molecule has 1 aliphatic heterocycles. The molecule has 1 heterocycles. The number of carbonyl (C=O) groups excluding carboxylic acids is 1. The van der Waals surface area contributed by atoms with Crippen LogP contribution in [0.1, 0.15) is 27.7 Å². The number of rotatable bonds is 8. The maximum atomic E-state index is 11.9. The van der Waals surface area contributed by atoms with Crippen LogP contribution in [0.25, 0.3) is 0 Å². The van der Waals surface area contributed by atoms with Crippen LogP contribution in [0.2, 0.25) is 0 Å². The van der Waals surface area contributed by atoms with Gasteiger partial charge in [0, 0.05) is 39.8 Å². The number of nitrogens with one attached hydrogen (secondary N) is 2. The zero-order valence-corrected chi connectivity index (χ0v) is 19.3. The number of aliphatic imine (C=N–C) groups is 1. The fourth-order valence-corrected chi connectivity index (χ4v) is 2.25. The molecule has 2 N–H and O–H groups in total. The molecule has 0 saturated carbocycles. The molecule has 0 radical (unpaired) electrons. The Morgan fingerprint density at radius 1 is 1.31 bits per heavy atom. The van der Waals surface area contributed by atoms with Gasteiger partial charge < -0.3 is 29.9 Å². The highest BCUT2D eigenvalue weighted by molar-refractivity contribution is 14.0. The van der Waals surface area contributed by atoms with Gasteiger partial charge in [-0.1, -0.05) is 0 Å². The van der Waals surface area contributed by atoms with E-state index in [4.69, 9.17) is 9.47 Å². The van der Waals surface area contributed by atoms with Crippen LogP contribution in [0.4, 0.5) is 4.79 Å². The van der Waals surface area contributed by atoms with E-state index in [0.29, 0.717) is 19.6 Å². The summed E-state index contributed by atoms with van der Waals surface area (Å²) < 4.78 is 10.4. The Hall–Kier alpha value is -0.810. The van der Waals surface area contributed by atoms with Gasteiger partial charge in [-0.3, -0.25) is 4.99 Å². The summed E-state index contributed by atoms with van der Waals surface area (Å²) in [5.41, 5.74) is -0.458. The Balaban J connectivity index is 0.00000625. The van der Waals surface area contributed by atoms with Crippen molar-refractivity contribution in [1.82, 2.24) is 20.4 Å². The number of likely N-dealkylation sites (N-methyl/N-ethyl adjacent to an activating group) is 1. The highest BCUT2D eigenvalue weighted by atomic mass is 127. The molecule has 0 unspecified atom stereocenters. The Bertz CT molecular complexity index is 437. The summed E-state index contributed by atoms with van der Waals surface area (Å²) in [4.78, 5) is 20.4. The summed E-state index contributed by atoms with van der Waals surface area (Å²) in [6, 6.07) is 0.205. The summed E-state index contributed by atoms with van der Waals surface area (Å²) in [6.45, 7) is 12.9. The van der Waals surface area contributed by atoms with E-state index >= 15 is 0 Å². The third kappa shape index (κ3) is 10.4. The predicted octanol–water partition coefficient (Wildman–Crippen LogP) is 1.36. The molecule has 1 aliphatic rings. The van der Waals surface area contributed by atoms with E-state index in [1.165, 1.54) is 0 Å². The third-order valence-corrected chi connectivity index (χ3v) is 3.65. The molecular weight excluding hydrogens is 449 g/mol. The number of ether oxygens (including phenoxy) is 2. The predicted molar refractivity (Wildman–Crippen MR) is 115 cm³/mol. The number of halogens is 1. The highest BCUT2D eigenvalue weighted by Gasteiger charge is 2.34. The van der Waals surface area contributed by atoms with Gasteiger partial charge in [-0.2, -0.15) is 0 Å². The Labute approximate surface area is 175 Å². The van der Waals surface area contributed by atoms with Crippen LogP contribution in [-0.2, 0) is 9.47 Å². The van der Waals surface area contributed by atoms with Crippen LogP contribution in [0.3, 0.4) is 0 Å². The quantitative estimate of drug-likeness (QED) is 0.307. The normalized spacial score (nSPS) is 15.3. The molecule has 8 nitrogen and oxygen atoms in total. The van der Waals surface area contributed by atoms with E-state index in [0.717, 1.165) is 32.2 Å². The van der Waals surface area contributed by atoms with Gasteiger partial charge in [-0.15, -0.1) is 24.0 Å². The molecule has 9 heteroatoms. The van der Waals surface area contributed by atoms with Crippen LogP contribution in [0, 0.1) is 0 Å². The van der Waals surface area contributed by atoms with Gasteiger partial charge >= 0.3 is 6.09 Å². The number of methoxy groups -OCH3 is 1. The minimum Gasteiger partial charge on any atom is -0.444 e. The summed E-state index contributed by atoms with van der Waals surface area (Å²) in [7, 11) is 3.76. The average molecular weight is 485 g/mol. The molecule has 1 fully saturated rings. The second kappa shape index (κ2) is 12.6. The van der Waals surface area contributed by atoms with Crippen molar-refractivity contribution in [2.75, 3.05) is 60.0 Å². The molecule has 0 aromatic carbocycles. The van der Waals surface area contributed by atoms with Crippen LogP contribution in [0.15, 0.2) is 4.99 Å². The maximum Gasteiger partial charge on any atom is 0.410 e. The van der Waals surface area contributed by atoms with E-state index < -0.39 is 5.60 Å². The van der Waals surface area contributed by atoms with Gasteiger partial charge in [0.1, 0.15) is 5.60 Å². The van der Waals surface area contributed by atoms with E-state index in [9.17, 15) is 4.79 Å². The molecule has 0 aliphatic carbocycles. The first-order valence-corrected chi connectivity index (χ1v) is 8.95. The maximum absolute atomic E-state index is 11.9. The minimum atomic E-state index is -0.458. The van der Waals surface area contributed by atoms with Crippen LogP contribution >= 0.6 is 24.0 Å². The third-order valence-electron chi connectivity index (χ3n) is 3.65. The summed E-state index contributed by atoms with van der Waals surface area (Å²) in [5.74, 6) is 0.788. The molecule has 0 atom stereocenters. The number of carbonyl (C=O) groups is 1. The van der Waals surface area contributed by atoms with Crippen molar-refractivity contribution < 1.29 is 14.3 Å². The van der Waals surface area contributed by atoms with Gasteiger partial charge in [-0.05, 0) is 34.7 Å². The SMILES string of the molecule is CCNC(=NCCN(C)CCOC)NC1CN(C(=O)OC(C)(C)C)C1.I. The van der Waals surface area contributed by atoms with Crippen molar-refractivity contribution in [2.45, 2.75) is 39.3 Å². The first kappa shape index (κ1) is 25.2. The van der Waals surface area contributed by atoms with Crippen LogP contribution in [0.5, 0.6) is 0 Å². The Kier molecular flexibility index (Phi) is 12.2. The molecule has 1 amide bonds. The fourth-order valence-electron chi connectivity index (χ4n) is 2.25. The summed E-state index contributed by atoms with van der Waals surface area (Å²) >= 11 is 0. The number of hydrogen-bond donors (Lipinski definition) is 2. The Morgan fingerprint density at radius 3 is 2.50 bits per heavy atom. The second-order valence-electron chi connectivity index (χ2n) is 7.28. The topological polar surface area (TPSA) is 78.4 Å². The zero-order chi connectivity index (χ0) is 18.9. The molecule has 1 rings (SSSR count). The Morgan fingerprint density at radius 2 is 1.96 bits per heavy atom. The molecule has 0 aromatic rings. The van der Waals surface area contributed by atoms with Gasteiger partial charge in [0.15, 0.2) is 5.96 Å². The number of amides is 1. The monoisotopic (exact) mass is 485 g/mol. The van der Waals surface area contributed by atoms with Crippen LogP contribution in [-0.4, -0.2) is 93.5 Å². The smallest absolute Gasteiger partial charge is 0.410 e. The van der Waals surface area contributed by atoms with E-state index in [-0.39, 0.29) is 36.1 Å². The number of guanidine groups is 1. The van der Waals surface area contributed by atoms with Crippen molar-refractivity contribution in [3.63, 3.8) is 0 Å². The lowest BCUT2D eigenvalue weighted by Gasteiger charge is -2.40. The number of likely N-dealkylation sites (tertiary alicyclic amines) is 1. The summed E-state index contributed by atoms with van der Waals surface area (Å²) in [5, 5.41) is 6.61. The standard InChI is InChI=1S/C17H35N5O3.HI/c1-7-18-15(19-8-9-21(5)10-11-24-6)20-14-12-22(13-14)16(23)25-17(2,3)4;/h14H,7-13H2,1-6H3,(H2,18,19,20);1H. The lowest BCUT2D eigenvalue weighted by molar-refractivity contribution is 0.00700. The van der Waals surface area contributed by atoms with Crippen molar-refractivity contribution in [2.24, 2.45) is 4.99 Å². The summed E-state index contributed by atoms with van der Waals surface area (Å²) in [6.07, 6.45) is -0.257. The lowest BCUT2D eigenvalue weighted by atomic mass is 10.1. The van der Waals surface area contributed by atoms with Gasteiger partial charge in [0.25, 0.3) is 0 Å². The minimum absolute atomic E-state index is 0. The molecule has 0 bridgehead atoms. The number of hydrogen-bond acceptors (Lipinski definition) is 5. The first-order chi connectivity index (χ1) is 11.7. The average Bonchev–Trinajstić information content (AvgIpc) is 2.46. The first-order valence-electron chi connectivity index (χ1n) is 8.95. The zero-order valence-electron chi connectivity index (χ0n) is 17.0. The molecule has 154 valence electrons. The highest BCUT2D eigenvalue weighted by Crippen LogP contribution is 2.15. The number of nitrogens with zero attached hydrogens (tertiary/aromatic N) is 3. The molecule has 0 aromatic heterocycles. The van der Waals surface area contributed by atoms with Crippen molar-refractivity contribution >= 4 is 36.0 Å². The van der Waals surface area contributed by atoms with Gasteiger partial charge in [0.2, 0.25) is 0 Å². The molecule has 0 spiro atoms. The van der Waals surface area contributed by atoms with E-state index in [2.05, 4.69) is 27.6 Å². The largest absolute Gasteiger partial charge is 0.444 e. The molecule has 1 saturated heterocycles. The van der Waals surface area contributed by atoms with Crippen molar-refractivity contribution in [3.05, 3.63) is 0 Å². The van der Waals surface area contributed by atoms with Crippen molar-refractivity contribution in [1.29, 1.82) is 0 Å². The second-order valence-corrected chi connectivity index (χ2v) is 7.28. The van der Waals surface area contributed by atoms with E-state index in [1.807, 2.05) is 27.7 Å². The van der Waals surface area contributed by atoms with E-state index in [1.54, 1.807) is 12.0 Å². The van der Waals surface area contributed by atoms with Crippen LogP contribution < -0.4 is 10.6 Å². The molecular formula is C17H36IN5O3. The van der Waals surface area contributed by atoms with Crippen molar-refractivity contribution in [3.8, 4) is 0 Å². The lowest BCUT2D eigenvalue weighted by Crippen LogP contribution is -2.63.